The minimum absolute atomic E-state index is 0.101. The summed E-state index contributed by atoms with van der Waals surface area (Å²) in [5, 5.41) is 17.5. The summed E-state index contributed by atoms with van der Waals surface area (Å²) >= 11 is 0. The highest BCUT2D eigenvalue weighted by atomic mass is 16.3. The Labute approximate surface area is 173 Å². The van der Waals surface area contributed by atoms with Crippen LogP contribution in [0.4, 0.5) is 0 Å². The number of rotatable bonds is 3. The average Bonchev–Trinajstić information content (AvgIpc) is 3.44. The number of aliphatic hydroxyl groups excluding tert-OH is 1. The van der Waals surface area contributed by atoms with Crippen LogP contribution in [0.2, 0.25) is 0 Å². The number of hydrogen-bond donors (Lipinski definition) is 2. The van der Waals surface area contributed by atoms with Crippen LogP contribution >= 0.6 is 0 Å². The number of benzene rings is 1. The topological polar surface area (TPSA) is 95.0 Å². The number of fused-ring (bicyclic) bond motifs is 1. The van der Waals surface area contributed by atoms with Crippen molar-refractivity contribution >= 4 is 16.8 Å². The number of likely N-dealkylation sites (tertiary alicyclic amines) is 1. The van der Waals surface area contributed by atoms with Crippen molar-refractivity contribution in [1.82, 2.24) is 25.1 Å². The fourth-order valence-corrected chi connectivity index (χ4v) is 4.04. The third-order valence-electron chi connectivity index (χ3n) is 5.65. The number of carbonyl (C=O) groups excluding carboxylic acids is 1. The van der Waals surface area contributed by atoms with Gasteiger partial charge in [0.1, 0.15) is 0 Å². The van der Waals surface area contributed by atoms with E-state index in [1.807, 2.05) is 18.5 Å². The molecule has 0 unspecified atom stereocenters. The van der Waals surface area contributed by atoms with Crippen LogP contribution in [0.5, 0.6) is 0 Å². The van der Waals surface area contributed by atoms with Crippen LogP contribution in [0, 0.1) is 6.92 Å². The number of aromatic nitrogens is 4. The van der Waals surface area contributed by atoms with Gasteiger partial charge in [0.15, 0.2) is 0 Å². The Morgan fingerprint density at radius 3 is 2.77 bits per heavy atom. The number of nitrogens with zero attached hydrogens (tertiary/aromatic N) is 4. The lowest BCUT2D eigenvalue weighted by molar-refractivity contribution is 0.0765. The van der Waals surface area contributed by atoms with E-state index in [4.69, 9.17) is 0 Å². The van der Waals surface area contributed by atoms with Crippen molar-refractivity contribution in [2.75, 3.05) is 13.1 Å². The summed E-state index contributed by atoms with van der Waals surface area (Å²) in [5.74, 6) is -0.101. The molecule has 7 nitrogen and oxygen atoms in total. The molecule has 2 N–H and O–H groups in total. The van der Waals surface area contributed by atoms with E-state index in [1.165, 1.54) is 0 Å². The second kappa shape index (κ2) is 7.35. The fraction of sp³-hybridized carbons (Fsp3) is 0.217. The van der Waals surface area contributed by atoms with Gasteiger partial charge in [0.25, 0.3) is 5.91 Å². The number of amides is 1. The van der Waals surface area contributed by atoms with Gasteiger partial charge in [-0.2, -0.15) is 5.10 Å². The molecule has 4 heterocycles. The second-order valence-electron chi connectivity index (χ2n) is 7.69. The lowest BCUT2D eigenvalue weighted by Crippen LogP contribution is -2.29. The number of carbonyl (C=O) groups is 1. The van der Waals surface area contributed by atoms with Gasteiger partial charge >= 0.3 is 0 Å². The number of pyridine rings is 2. The molecule has 1 saturated heterocycles. The van der Waals surface area contributed by atoms with E-state index in [2.05, 4.69) is 45.3 Å². The van der Waals surface area contributed by atoms with E-state index in [-0.39, 0.29) is 5.91 Å². The number of H-pyrrole nitrogens is 1. The molecule has 0 saturated carbocycles. The molecule has 5 rings (SSSR count). The summed E-state index contributed by atoms with van der Waals surface area (Å²) in [6.45, 7) is 3.00. The minimum Gasteiger partial charge on any atom is -0.391 e. The van der Waals surface area contributed by atoms with Crippen LogP contribution in [-0.4, -0.2) is 55.3 Å². The van der Waals surface area contributed by atoms with Gasteiger partial charge < -0.3 is 10.0 Å². The maximum atomic E-state index is 12.9. The number of aliphatic hydroxyl groups is 1. The highest BCUT2D eigenvalue weighted by Gasteiger charge is 2.26. The Hall–Kier alpha value is -3.58. The van der Waals surface area contributed by atoms with E-state index in [0.717, 1.165) is 38.7 Å². The molecule has 1 aliphatic heterocycles. The Morgan fingerprint density at radius 1 is 1.13 bits per heavy atom. The van der Waals surface area contributed by atoms with Gasteiger partial charge in [-0.05, 0) is 36.1 Å². The first-order valence-corrected chi connectivity index (χ1v) is 9.91. The van der Waals surface area contributed by atoms with Crippen molar-refractivity contribution in [3.8, 4) is 22.3 Å². The summed E-state index contributed by atoms with van der Waals surface area (Å²) < 4.78 is 0. The number of aromatic amines is 1. The number of β-amino-alcohol motifs (C(OH)–C–C–N with tert-alkyl or cyclic N) is 1. The van der Waals surface area contributed by atoms with Crippen LogP contribution in [0.25, 0.3) is 33.2 Å². The molecule has 1 amide bonds. The lowest BCUT2D eigenvalue weighted by Gasteiger charge is -2.16. The van der Waals surface area contributed by atoms with E-state index < -0.39 is 6.10 Å². The zero-order valence-electron chi connectivity index (χ0n) is 16.5. The van der Waals surface area contributed by atoms with Gasteiger partial charge in [0, 0.05) is 48.2 Å². The zero-order valence-corrected chi connectivity index (χ0v) is 16.5. The molecule has 3 aromatic heterocycles. The molecule has 0 spiro atoms. The summed E-state index contributed by atoms with van der Waals surface area (Å²) in [7, 11) is 0. The molecule has 0 radical (unpaired) electrons. The molecular weight excluding hydrogens is 378 g/mol. The van der Waals surface area contributed by atoms with Crippen molar-refractivity contribution < 1.29 is 9.90 Å². The molecule has 1 aromatic carbocycles. The van der Waals surface area contributed by atoms with Crippen LogP contribution < -0.4 is 0 Å². The summed E-state index contributed by atoms with van der Waals surface area (Å²) in [4.78, 5) is 23.4. The average molecular weight is 399 g/mol. The Morgan fingerprint density at radius 2 is 2.03 bits per heavy atom. The van der Waals surface area contributed by atoms with Gasteiger partial charge in [-0.3, -0.25) is 19.9 Å². The second-order valence-corrected chi connectivity index (χ2v) is 7.69. The molecule has 4 aromatic rings. The SMILES string of the molecule is Cc1cc(-c2cn[nH]c2)ccc1-c1cncc2ncc(C(=O)N3CC[C@@H](O)C3)cc12. The minimum atomic E-state index is -0.446. The predicted molar refractivity (Wildman–Crippen MR) is 114 cm³/mol. The lowest BCUT2D eigenvalue weighted by atomic mass is 9.95. The number of hydrogen-bond acceptors (Lipinski definition) is 5. The van der Waals surface area contributed by atoms with Crippen molar-refractivity contribution in [2.45, 2.75) is 19.4 Å². The monoisotopic (exact) mass is 399 g/mol. The van der Waals surface area contributed by atoms with Gasteiger partial charge in [-0.1, -0.05) is 18.2 Å². The fourth-order valence-electron chi connectivity index (χ4n) is 4.04. The largest absolute Gasteiger partial charge is 0.391 e. The van der Waals surface area contributed by atoms with Crippen molar-refractivity contribution in [1.29, 1.82) is 0 Å². The number of nitrogens with one attached hydrogen (secondary N) is 1. The highest BCUT2D eigenvalue weighted by Crippen LogP contribution is 2.32. The normalized spacial score (nSPS) is 16.3. The van der Waals surface area contributed by atoms with Crippen LogP contribution in [0.3, 0.4) is 0 Å². The first-order valence-electron chi connectivity index (χ1n) is 9.91. The molecule has 1 atom stereocenters. The number of aryl methyl sites for hydroxylation is 1. The van der Waals surface area contributed by atoms with E-state index in [1.54, 1.807) is 23.5 Å². The maximum Gasteiger partial charge on any atom is 0.255 e. The quantitative estimate of drug-likeness (QED) is 0.552. The molecule has 1 fully saturated rings. The first-order chi connectivity index (χ1) is 14.6. The summed E-state index contributed by atoms with van der Waals surface area (Å²) in [6.07, 6.45) is 8.95. The Kier molecular flexibility index (Phi) is 4.52. The van der Waals surface area contributed by atoms with E-state index >= 15 is 0 Å². The van der Waals surface area contributed by atoms with Crippen LogP contribution in [0.15, 0.2) is 55.2 Å². The molecule has 30 heavy (non-hydrogen) atoms. The molecule has 150 valence electrons. The first kappa shape index (κ1) is 18.4. The molecule has 7 heteroatoms. The zero-order chi connectivity index (χ0) is 20.7. The highest BCUT2D eigenvalue weighted by molar-refractivity contribution is 6.01. The maximum absolute atomic E-state index is 12.9. The van der Waals surface area contributed by atoms with Crippen molar-refractivity contribution in [3.63, 3.8) is 0 Å². The van der Waals surface area contributed by atoms with Crippen molar-refractivity contribution in [2.24, 2.45) is 0 Å². The standard InChI is InChI=1S/C23H21N5O2/c1-14-6-15(17-9-26-27-10-17)2-3-19(14)21-11-24-12-22-20(21)7-16(8-25-22)23(30)28-5-4-18(29)13-28/h2-3,6-12,18,29H,4-5,13H2,1H3,(H,26,27)/t18-/m1/s1. The molecular formula is C23H21N5O2. The van der Waals surface area contributed by atoms with E-state index in [0.29, 0.717) is 25.1 Å². The van der Waals surface area contributed by atoms with Gasteiger partial charge in [-0.25, -0.2) is 0 Å². The summed E-state index contributed by atoms with van der Waals surface area (Å²) in [5.41, 5.74) is 6.46. The smallest absolute Gasteiger partial charge is 0.255 e. The van der Waals surface area contributed by atoms with Gasteiger partial charge in [0.2, 0.25) is 0 Å². The third kappa shape index (κ3) is 3.23. The predicted octanol–water partition coefficient (Wildman–Crippen LogP) is 3.20. The molecule has 0 bridgehead atoms. The molecule has 0 aliphatic carbocycles. The summed E-state index contributed by atoms with van der Waals surface area (Å²) in [6, 6.07) is 8.13. The van der Waals surface area contributed by atoms with Gasteiger partial charge in [-0.15, -0.1) is 0 Å². The third-order valence-corrected chi connectivity index (χ3v) is 5.65. The van der Waals surface area contributed by atoms with Crippen LogP contribution in [-0.2, 0) is 0 Å². The Bertz CT molecular complexity index is 1240. The molecule has 1 aliphatic rings. The van der Waals surface area contributed by atoms with E-state index in [9.17, 15) is 9.90 Å². The van der Waals surface area contributed by atoms with Crippen LogP contribution in [0.1, 0.15) is 22.3 Å². The Balaban J connectivity index is 1.57. The van der Waals surface area contributed by atoms with Crippen molar-refractivity contribution in [3.05, 3.63) is 66.4 Å². The van der Waals surface area contributed by atoms with Gasteiger partial charge in [0.05, 0.1) is 29.6 Å².